The van der Waals surface area contributed by atoms with Crippen LogP contribution in [0.5, 0.6) is 0 Å². The summed E-state index contributed by atoms with van der Waals surface area (Å²) >= 11 is 5.02. The summed E-state index contributed by atoms with van der Waals surface area (Å²) < 4.78 is 0. The van der Waals surface area contributed by atoms with Gasteiger partial charge in [0.25, 0.3) is 0 Å². The van der Waals surface area contributed by atoms with Crippen molar-refractivity contribution in [3.63, 3.8) is 0 Å². The minimum Gasteiger partial charge on any atom is -0.388 e. The molecule has 102 valence electrons. The Labute approximate surface area is 118 Å². The summed E-state index contributed by atoms with van der Waals surface area (Å²) in [5, 5.41) is 0. The molecule has 1 aromatic rings. The predicted molar refractivity (Wildman–Crippen MR) is 79.5 cm³/mol. The van der Waals surface area contributed by atoms with Gasteiger partial charge in [-0.05, 0) is 32.4 Å². The van der Waals surface area contributed by atoms with Crippen molar-refractivity contribution in [2.75, 3.05) is 31.1 Å². The molecule has 0 spiro atoms. The monoisotopic (exact) mass is 277 g/mol. The average molecular weight is 277 g/mol. The largest absolute Gasteiger partial charge is 0.388 e. The Hall–Kier alpha value is -1.27. The minimum atomic E-state index is 0.339. The number of anilines is 1. The molecule has 5 nitrogen and oxygen atoms in total. The number of nitrogens with two attached hydrogens (primary N) is 1. The highest BCUT2D eigenvalue weighted by molar-refractivity contribution is 7.80. The molecule has 2 N–H and O–H groups in total. The summed E-state index contributed by atoms with van der Waals surface area (Å²) in [7, 11) is 0. The van der Waals surface area contributed by atoms with Crippen LogP contribution < -0.4 is 10.6 Å². The lowest BCUT2D eigenvalue weighted by Gasteiger charge is -2.37. The van der Waals surface area contributed by atoms with E-state index in [1.165, 1.54) is 19.4 Å². The fourth-order valence-electron chi connectivity index (χ4n) is 2.99. The maximum absolute atomic E-state index is 5.68. The van der Waals surface area contributed by atoms with Crippen molar-refractivity contribution in [1.82, 2.24) is 14.9 Å². The molecule has 2 saturated heterocycles. The Kier molecular flexibility index (Phi) is 3.36. The highest BCUT2D eigenvalue weighted by Crippen LogP contribution is 2.23. The van der Waals surface area contributed by atoms with Crippen molar-refractivity contribution in [2.24, 2.45) is 5.73 Å². The van der Waals surface area contributed by atoms with Gasteiger partial charge >= 0.3 is 0 Å². The van der Waals surface area contributed by atoms with Gasteiger partial charge in [-0.15, -0.1) is 0 Å². The number of rotatable bonds is 2. The van der Waals surface area contributed by atoms with Crippen LogP contribution >= 0.6 is 12.2 Å². The SMILES string of the molecule is Cc1cc(C(N)=S)nc(N2CCN3CCCC3C2)n1. The van der Waals surface area contributed by atoms with Crippen LogP contribution in [0.15, 0.2) is 6.07 Å². The molecular formula is C13H19N5S. The normalized spacial score (nSPS) is 23.4. The number of hydrogen-bond acceptors (Lipinski definition) is 5. The van der Waals surface area contributed by atoms with Gasteiger partial charge in [0.05, 0.1) is 0 Å². The van der Waals surface area contributed by atoms with Crippen LogP contribution in [-0.4, -0.2) is 52.1 Å². The zero-order chi connectivity index (χ0) is 13.4. The second-order valence-electron chi connectivity index (χ2n) is 5.34. The van der Waals surface area contributed by atoms with E-state index in [1.54, 1.807) is 0 Å². The molecule has 3 rings (SSSR count). The number of aromatic nitrogens is 2. The van der Waals surface area contributed by atoms with Crippen LogP contribution in [0.3, 0.4) is 0 Å². The van der Waals surface area contributed by atoms with Crippen LogP contribution in [-0.2, 0) is 0 Å². The molecule has 0 radical (unpaired) electrons. The van der Waals surface area contributed by atoms with Crippen molar-refractivity contribution in [3.05, 3.63) is 17.5 Å². The maximum Gasteiger partial charge on any atom is 0.226 e. The van der Waals surface area contributed by atoms with E-state index in [0.717, 1.165) is 31.3 Å². The van der Waals surface area contributed by atoms with E-state index in [0.29, 0.717) is 16.7 Å². The van der Waals surface area contributed by atoms with Crippen LogP contribution in [0, 0.1) is 6.92 Å². The molecule has 0 aliphatic carbocycles. The molecule has 19 heavy (non-hydrogen) atoms. The van der Waals surface area contributed by atoms with Gasteiger partial charge in [-0.25, -0.2) is 9.97 Å². The fraction of sp³-hybridized carbons (Fsp3) is 0.615. The molecule has 3 heterocycles. The smallest absolute Gasteiger partial charge is 0.226 e. The summed E-state index contributed by atoms with van der Waals surface area (Å²) in [5.41, 5.74) is 7.27. The van der Waals surface area contributed by atoms with Crippen LogP contribution in [0.1, 0.15) is 24.2 Å². The van der Waals surface area contributed by atoms with Crippen molar-refractivity contribution in [1.29, 1.82) is 0 Å². The first-order valence-electron chi connectivity index (χ1n) is 6.78. The Bertz CT molecular complexity index is 504. The third kappa shape index (κ3) is 2.55. The van der Waals surface area contributed by atoms with Crippen molar-refractivity contribution in [2.45, 2.75) is 25.8 Å². The first-order chi connectivity index (χ1) is 9.13. The van der Waals surface area contributed by atoms with Gasteiger partial charge < -0.3 is 10.6 Å². The molecule has 2 aliphatic rings. The maximum atomic E-state index is 5.68. The molecule has 0 bridgehead atoms. The number of piperazine rings is 1. The van der Waals surface area contributed by atoms with Gasteiger partial charge in [-0.2, -0.15) is 0 Å². The van der Waals surface area contributed by atoms with Crippen molar-refractivity contribution < 1.29 is 0 Å². The first kappa shape index (κ1) is 12.7. The van der Waals surface area contributed by atoms with E-state index < -0.39 is 0 Å². The second kappa shape index (κ2) is 5.02. The Morgan fingerprint density at radius 3 is 3.00 bits per heavy atom. The van der Waals surface area contributed by atoms with Gasteiger partial charge in [0, 0.05) is 31.4 Å². The first-order valence-corrected chi connectivity index (χ1v) is 7.19. The second-order valence-corrected chi connectivity index (χ2v) is 5.78. The lowest BCUT2D eigenvalue weighted by atomic mass is 10.1. The number of fused-ring (bicyclic) bond motifs is 1. The van der Waals surface area contributed by atoms with Gasteiger partial charge in [-0.3, -0.25) is 4.90 Å². The van der Waals surface area contributed by atoms with Crippen LogP contribution in [0.25, 0.3) is 0 Å². The van der Waals surface area contributed by atoms with Crippen molar-refractivity contribution in [3.8, 4) is 0 Å². The molecule has 0 saturated carbocycles. The average Bonchev–Trinajstić information content (AvgIpc) is 2.85. The van der Waals surface area contributed by atoms with Crippen LogP contribution in [0.2, 0.25) is 0 Å². The van der Waals surface area contributed by atoms with Gasteiger partial charge in [0.15, 0.2) is 0 Å². The highest BCUT2D eigenvalue weighted by atomic mass is 32.1. The highest BCUT2D eigenvalue weighted by Gasteiger charge is 2.31. The van der Waals surface area contributed by atoms with Gasteiger partial charge in [0.2, 0.25) is 5.95 Å². The lowest BCUT2D eigenvalue weighted by molar-refractivity contribution is 0.229. The molecular weight excluding hydrogens is 258 g/mol. The minimum absolute atomic E-state index is 0.339. The number of nitrogens with zero attached hydrogens (tertiary/aromatic N) is 4. The molecule has 0 amide bonds. The van der Waals surface area contributed by atoms with E-state index in [4.69, 9.17) is 18.0 Å². The van der Waals surface area contributed by atoms with E-state index in [2.05, 4.69) is 19.8 Å². The Balaban J connectivity index is 1.83. The Morgan fingerprint density at radius 1 is 1.37 bits per heavy atom. The van der Waals surface area contributed by atoms with Crippen LogP contribution in [0.4, 0.5) is 5.95 Å². The molecule has 1 aromatic heterocycles. The number of thiocarbonyl (C=S) groups is 1. The Morgan fingerprint density at radius 2 is 2.21 bits per heavy atom. The summed E-state index contributed by atoms with van der Waals surface area (Å²) in [6.07, 6.45) is 2.59. The quantitative estimate of drug-likeness (QED) is 0.803. The summed E-state index contributed by atoms with van der Waals surface area (Å²) in [6, 6.07) is 2.50. The van der Waals surface area contributed by atoms with E-state index >= 15 is 0 Å². The fourth-order valence-corrected chi connectivity index (χ4v) is 3.10. The topological polar surface area (TPSA) is 58.3 Å². The van der Waals surface area contributed by atoms with Gasteiger partial charge in [0.1, 0.15) is 10.7 Å². The van der Waals surface area contributed by atoms with E-state index in [9.17, 15) is 0 Å². The molecule has 2 fully saturated rings. The van der Waals surface area contributed by atoms with Crippen molar-refractivity contribution >= 4 is 23.2 Å². The lowest BCUT2D eigenvalue weighted by Crippen LogP contribution is -2.50. The molecule has 0 aromatic carbocycles. The third-order valence-electron chi connectivity index (χ3n) is 3.97. The summed E-state index contributed by atoms with van der Waals surface area (Å²) in [4.78, 5) is 14.2. The number of hydrogen-bond donors (Lipinski definition) is 1. The standard InChI is InChI=1S/C13H19N5S/c1-9-7-11(12(14)19)16-13(15-9)18-6-5-17-4-2-3-10(17)8-18/h7,10H,2-6,8H2,1H3,(H2,14,19). The predicted octanol–water partition coefficient (Wildman–Crippen LogP) is 0.704. The van der Waals surface area contributed by atoms with E-state index in [1.807, 2.05) is 13.0 Å². The third-order valence-corrected chi connectivity index (χ3v) is 4.17. The van der Waals surface area contributed by atoms with Gasteiger partial charge in [-0.1, -0.05) is 12.2 Å². The van der Waals surface area contributed by atoms with E-state index in [-0.39, 0.29) is 0 Å². The summed E-state index contributed by atoms with van der Waals surface area (Å²) in [5.74, 6) is 0.773. The summed E-state index contributed by atoms with van der Waals surface area (Å²) in [6.45, 7) is 6.30. The number of aryl methyl sites for hydroxylation is 1. The molecule has 6 heteroatoms. The molecule has 1 atom stereocenters. The zero-order valence-electron chi connectivity index (χ0n) is 11.2. The zero-order valence-corrected chi connectivity index (χ0v) is 12.0. The molecule has 2 aliphatic heterocycles. The molecule has 1 unspecified atom stereocenters.